The molecule has 0 bridgehead atoms. The standard InChI is InChI=1S/C19H24O/c1-4-5-16-8-10-17(11-9-16)19(20)13-18-12-14(2)6-7-15(18)3/h6-12,19-20H,4-5,13H2,1-3H3. The molecule has 0 heterocycles. The normalized spacial score (nSPS) is 12.4. The summed E-state index contributed by atoms with van der Waals surface area (Å²) in [5.74, 6) is 0. The van der Waals surface area contributed by atoms with Gasteiger partial charge >= 0.3 is 0 Å². The monoisotopic (exact) mass is 268 g/mol. The molecular weight excluding hydrogens is 244 g/mol. The molecule has 0 radical (unpaired) electrons. The number of aliphatic hydroxyl groups is 1. The van der Waals surface area contributed by atoms with Crippen molar-refractivity contribution in [3.63, 3.8) is 0 Å². The largest absolute Gasteiger partial charge is 0.388 e. The number of rotatable bonds is 5. The van der Waals surface area contributed by atoms with Gasteiger partial charge in [-0.1, -0.05) is 61.4 Å². The van der Waals surface area contributed by atoms with Gasteiger partial charge in [-0.2, -0.15) is 0 Å². The van der Waals surface area contributed by atoms with Crippen LogP contribution in [-0.2, 0) is 12.8 Å². The molecule has 0 saturated carbocycles. The Balaban J connectivity index is 2.11. The maximum Gasteiger partial charge on any atom is 0.0830 e. The summed E-state index contributed by atoms with van der Waals surface area (Å²) in [6.45, 7) is 6.38. The van der Waals surface area contributed by atoms with Crippen LogP contribution in [0, 0.1) is 13.8 Å². The maximum atomic E-state index is 10.4. The summed E-state index contributed by atoms with van der Waals surface area (Å²) < 4.78 is 0. The first kappa shape index (κ1) is 14.8. The zero-order valence-electron chi connectivity index (χ0n) is 12.7. The summed E-state index contributed by atoms with van der Waals surface area (Å²) in [5, 5.41) is 10.4. The third kappa shape index (κ3) is 3.71. The first-order valence-corrected chi connectivity index (χ1v) is 7.43. The van der Waals surface area contributed by atoms with Crippen molar-refractivity contribution in [3.05, 3.63) is 70.3 Å². The molecule has 1 nitrogen and oxygen atoms in total. The van der Waals surface area contributed by atoms with Crippen molar-refractivity contribution in [2.24, 2.45) is 0 Å². The van der Waals surface area contributed by atoms with Gasteiger partial charge in [0.2, 0.25) is 0 Å². The van der Waals surface area contributed by atoms with E-state index in [2.05, 4.69) is 63.2 Å². The second kappa shape index (κ2) is 6.71. The van der Waals surface area contributed by atoms with Crippen LogP contribution in [0.4, 0.5) is 0 Å². The summed E-state index contributed by atoms with van der Waals surface area (Å²) in [6, 6.07) is 14.8. The van der Waals surface area contributed by atoms with Gasteiger partial charge in [0.15, 0.2) is 0 Å². The van der Waals surface area contributed by atoms with Crippen molar-refractivity contribution in [3.8, 4) is 0 Å². The van der Waals surface area contributed by atoms with Gasteiger partial charge in [-0.05, 0) is 42.5 Å². The molecular formula is C19H24O. The van der Waals surface area contributed by atoms with Crippen molar-refractivity contribution in [1.82, 2.24) is 0 Å². The molecule has 0 aliphatic carbocycles. The van der Waals surface area contributed by atoms with Crippen LogP contribution in [0.25, 0.3) is 0 Å². The Morgan fingerprint density at radius 3 is 2.35 bits per heavy atom. The first-order valence-electron chi connectivity index (χ1n) is 7.43. The highest BCUT2D eigenvalue weighted by Gasteiger charge is 2.10. The molecule has 2 aromatic carbocycles. The van der Waals surface area contributed by atoms with Gasteiger partial charge in [0.25, 0.3) is 0 Å². The van der Waals surface area contributed by atoms with Gasteiger partial charge in [-0.25, -0.2) is 0 Å². The molecule has 1 heteroatoms. The number of hydrogen-bond acceptors (Lipinski definition) is 1. The lowest BCUT2D eigenvalue weighted by Gasteiger charge is -2.14. The van der Waals surface area contributed by atoms with Gasteiger partial charge in [-0.15, -0.1) is 0 Å². The van der Waals surface area contributed by atoms with Gasteiger partial charge in [0.05, 0.1) is 6.10 Å². The molecule has 106 valence electrons. The SMILES string of the molecule is CCCc1ccc(C(O)Cc2cc(C)ccc2C)cc1. The third-order valence-electron chi connectivity index (χ3n) is 3.82. The van der Waals surface area contributed by atoms with Gasteiger partial charge < -0.3 is 5.11 Å². The lowest BCUT2D eigenvalue weighted by atomic mass is 9.96. The van der Waals surface area contributed by atoms with Crippen LogP contribution in [0.5, 0.6) is 0 Å². The fourth-order valence-electron chi connectivity index (χ4n) is 2.54. The number of benzene rings is 2. The Morgan fingerprint density at radius 2 is 1.70 bits per heavy atom. The lowest BCUT2D eigenvalue weighted by molar-refractivity contribution is 0.178. The van der Waals surface area contributed by atoms with E-state index in [0.717, 1.165) is 18.4 Å². The zero-order valence-corrected chi connectivity index (χ0v) is 12.7. The van der Waals surface area contributed by atoms with Crippen LogP contribution in [0.2, 0.25) is 0 Å². The average molecular weight is 268 g/mol. The van der Waals surface area contributed by atoms with Crippen LogP contribution < -0.4 is 0 Å². The van der Waals surface area contributed by atoms with Crippen LogP contribution in [0.1, 0.15) is 47.3 Å². The quantitative estimate of drug-likeness (QED) is 0.844. The average Bonchev–Trinajstić information content (AvgIpc) is 2.44. The molecule has 0 saturated heterocycles. The van der Waals surface area contributed by atoms with Crippen molar-refractivity contribution >= 4 is 0 Å². The minimum absolute atomic E-state index is 0.425. The molecule has 0 aromatic heterocycles. The minimum Gasteiger partial charge on any atom is -0.388 e. The molecule has 2 rings (SSSR count). The molecule has 0 spiro atoms. The van der Waals surface area contributed by atoms with E-state index in [1.807, 2.05) is 0 Å². The number of aliphatic hydroxyl groups excluding tert-OH is 1. The van der Waals surface area contributed by atoms with Crippen molar-refractivity contribution < 1.29 is 5.11 Å². The molecule has 1 N–H and O–H groups in total. The van der Waals surface area contributed by atoms with E-state index in [1.54, 1.807) is 0 Å². The Morgan fingerprint density at radius 1 is 1.00 bits per heavy atom. The van der Waals surface area contributed by atoms with Crippen molar-refractivity contribution in [2.75, 3.05) is 0 Å². The van der Waals surface area contributed by atoms with E-state index >= 15 is 0 Å². The number of hydrogen-bond donors (Lipinski definition) is 1. The van der Waals surface area contributed by atoms with Crippen molar-refractivity contribution in [1.29, 1.82) is 0 Å². The summed E-state index contributed by atoms with van der Waals surface area (Å²) in [4.78, 5) is 0. The van der Waals surface area contributed by atoms with E-state index in [1.165, 1.54) is 22.3 Å². The number of aryl methyl sites for hydroxylation is 3. The Kier molecular flexibility index (Phi) is 4.97. The maximum absolute atomic E-state index is 10.4. The fraction of sp³-hybridized carbons (Fsp3) is 0.368. The van der Waals surface area contributed by atoms with Crippen LogP contribution in [0.15, 0.2) is 42.5 Å². The molecule has 0 aliphatic heterocycles. The molecule has 0 aliphatic rings. The highest BCUT2D eigenvalue weighted by atomic mass is 16.3. The topological polar surface area (TPSA) is 20.2 Å². The summed E-state index contributed by atoms with van der Waals surface area (Å²) in [5.41, 5.74) is 6.07. The van der Waals surface area contributed by atoms with Gasteiger partial charge in [-0.3, -0.25) is 0 Å². The van der Waals surface area contributed by atoms with Crippen LogP contribution >= 0.6 is 0 Å². The predicted molar refractivity (Wildman–Crippen MR) is 85.0 cm³/mol. The second-order valence-corrected chi connectivity index (χ2v) is 5.64. The fourth-order valence-corrected chi connectivity index (χ4v) is 2.54. The summed E-state index contributed by atoms with van der Waals surface area (Å²) in [7, 11) is 0. The highest BCUT2D eigenvalue weighted by Crippen LogP contribution is 2.22. The van der Waals surface area contributed by atoms with Crippen LogP contribution in [0.3, 0.4) is 0 Å². The Labute approximate surface area is 122 Å². The highest BCUT2D eigenvalue weighted by molar-refractivity contribution is 5.33. The minimum atomic E-state index is -0.425. The Bertz CT molecular complexity index is 554. The second-order valence-electron chi connectivity index (χ2n) is 5.64. The lowest BCUT2D eigenvalue weighted by Crippen LogP contribution is -2.03. The molecule has 1 unspecified atom stereocenters. The Hall–Kier alpha value is -1.60. The molecule has 1 atom stereocenters. The molecule has 2 aromatic rings. The zero-order chi connectivity index (χ0) is 14.5. The smallest absolute Gasteiger partial charge is 0.0830 e. The van der Waals surface area contributed by atoms with E-state index in [0.29, 0.717) is 6.42 Å². The van der Waals surface area contributed by atoms with E-state index < -0.39 is 6.10 Å². The van der Waals surface area contributed by atoms with E-state index in [-0.39, 0.29) is 0 Å². The molecule has 20 heavy (non-hydrogen) atoms. The van der Waals surface area contributed by atoms with E-state index in [4.69, 9.17) is 0 Å². The van der Waals surface area contributed by atoms with Crippen LogP contribution in [-0.4, -0.2) is 5.11 Å². The summed E-state index contributed by atoms with van der Waals surface area (Å²) >= 11 is 0. The predicted octanol–water partition coefficient (Wildman–Crippen LogP) is 4.53. The van der Waals surface area contributed by atoms with E-state index in [9.17, 15) is 5.11 Å². The van der Waals surface area contributed by atoms with Gasteiger partial charge in [0.1, 0.15) is 0 Å². The van der Waals surface area contributed by atoms with Crippen molar-refractivity contribution in [2.45, 2.75) is 46.1 Å². The summed E-state index contributed by atoms with van der Waals surface area (Å²) in [6.07, 6.45) is 2.52. The molecule has 0 amide bonds. The van der Waals surface area contributed by atoms with Gasteiger partial charge in [0, 0.05) is 6.42 Å². The third-order valence-corrected chi connectivity index (χ3v) is 3.82. The molecule has 0 fully saturated rings. The first-order chi connectivity index (χ1) is 9.60.